The molecule has 0 fully saturated rings. The van der Waals surface area contributed by atoms with Crippen molar-refractivity contribution >= 4 is 11.0 Å². The molecule has 5 heteroatoms. The van der Waals surface area contributed by atoms with Crippen molar-refractivity contribution in [1.29, 1.82) is 0 Å². The maximum atomic E-state index is 12.6. The Kier molecular flexibility index (Phi) is 11.9. The number of phenols is 1. The van der Waals surface area contributed by atoms with E-state index in [1.165, 1.54) is 5.56 Å². The minimum atomic E-state index is -2.18. The molecule has 8 rings (SSSR count). The number of phenolic OH excluding ortho intramolecular Hbond substituents is 1. The van der Waals surface area contributed by atoms with Crippen molar-refractivity contribution in [1.82, 2.24) is 14.5 Å². The second kappa shape index (κ2) is 18.2. The molecule has 2 heterocycles. The maximum absolute atomic E-state index is 12.6. The fourth-order valence-electron chi connectivity index (χ4n) is 8.68. The first-order valence-corrected chi connectivity index (χ1v) is 23.2. The minimum Gasteiger partial charge on any atom is -0.507 e. The number of hydrogen-bond donors (Lipinski definition) is 1. The number of rotatable bonds is 7. The molecule has 0 aliphatic heterocycles. The minimum absolute atomic E-state index is 0. The SMILES string of the molecule is [2H]C([2H])([2H])c1ccc(-c2ccnc(-c3[c-]c(-c4cccc5c4nc(-c4cc(C(C)(C)C)cc(C(C)(C)C)c4O)n5-c4ccc(C([2H])(C)C)cc4-c4ccc(C(C)(C)C)cc4)cc(C(C)(C)C)c3)c2)cc1.[Pt]. The molecule has 1 N–H and O–H groups in total. The third-order valence-electron chi connectivity index (χ3n) is 12.9. The number of para-hydroxylation sites is 1. The summed E-state index contributed by atoms with van der Waals surface area (Å²) in [7, 11) is 0. The summed E-state index contributed by atoms with van der Waals surface area (Å²) in [6.45, 7) is 27.9. The van der Waals surface area contributed by atoms with Gasteiger partial charge in [0.1, 0.15) is 11.6 Å². The molecule has 0 aliphatic carbocycles. The van der Waals surface area contributed by atoms with Crippen LogP contribution in [0.2, 0.25) is 0 Å². The van der Waals surface area contributed by atoms with Crippen LogP contribution in [0.3, 0.4) is 0 Å². The van der Waals surface area contributed by atoms with Crippen molar-refractivity contribution in [3.05, 3.63) is 167 Å². The monoisotopic (exact) mass is 1070 g/mol. The molecule has 0 atom stereocenters. The molecule has 0 aliphatic rings. The van der Waals surface area contributed by atoms with Gasteiger partial charge in [-0.15, -0.1) is 29.3 Å². The van der Waals surface area contributed by atoms with E-state index >= 15 is 0 Å². The Bertz CT molecular complexity index is 3260. The Morgan fingerprint density at radius 1 is 0.597 bits per heavy atom. The molecule has 0 radical (unpaired) electrons. The number of hydrogen-bond acceptors (Lipinski definition) is 3. The van der Waals surface area contributed by atoms with Crippen LogP contribution in [0.5, 0.6) is 5.75 Å². The number of fused-ring (bicyclic) bond motifs is 1. The van der Waals surface area contributed by atoms with Crippen LogP contribution in [0.1, 0.15) is 142 Å². The van der Waals surface area contributed by atoms with Gasteiger partial charge in [-0.2, -0.15) is 0 Å². The summed E-state index contributed by atoms with van der Waals surface area (Å²) in [4.78, 5) is 10.5. The van der Waals surface area contributed by atoms with E-state index in [1.807, 2.05) is 38.1 Å². The van der Waals surface area contributed by atoms with Gasteiger partial charge < -0.3 is 5.11 Å². The number of aromatic nitrogens is 3. The van der Waals surface area contributed by atoms with Gasteiger partial charge >= 0.3 is 0 Å². The van der Waals surface area contributed by atoms with Crippen molar-refractivity contribution in [3.63, 3.8) is 0 Å². The van der Waals surface area contributed by atoms with Crippen LogP contribution in [-0.4, -0.2) is 19.6 Å². The molecule has 6 aromatic carbocycles. The van der Waals surface area contributed by atoms with Crippen molar-refractivity contribution in [2.75, 3.05) is 0 Å². The van der Waals surface area contributed by atoms with E-state index in [0.717, 1.165) is 83.6 Å². The van der Waals surface area contributed by atoms with Crippen LogP contribution < -0.4 is 0 Å². The van der Waals surface area contributed by atoms with Gasteiger partial charge in [-0.05, 0) is 98.1 Å². The van der Waals surface area contributed by atoms with Crippen LogP contribution in [0.15, 0.2) is 128 Å². The number of pyridine rings is 1. The van der Waals surface area contributed by atoms with Gasteiger partial charge in [-0.25, -0.2) is 4.98 Å². The average Bonchev–Trinajstić information content (AvgIpc) is 3.66. The molecule has 2 aromatic heterocycles. The van der Waals surface area contributed by atoms with Gasteiger partial charge in [0, 0.05) is 49.6 Å². The number of nitrogens with zero attached hydrogens (tertiary/aromatic N) is 3. The fourth-order valence-corrected chi connectivity index (χ4v) is 8.68. The van der Waals surface area contributed by atoms with Crippen molar-refractivity contribution in [2.45, 2.75) is 131 Å². The third-order valence-corrected chi connectivity index (χ3v) is 12.9. The van der Waals surface area contributed by atoms with Gasteiger partial charge in [-0.3, -0.25) is 9.55 Å². The summed E-state index contributed by atoms with van der Waals surface area (Å²) in [5.41, 5.74) is 14.7. The first-order valence-electron chi connectivity index (χ1n) is 25.2. The average molecular weight is 1070 g/mol. The van der Waals surface area contributed by atoms with Crippen LogP contribution in [-0.2, 0) is 42.7 Å². The molecule has 67 heavy (non-hydrogen) atoms. The van der Waals surface area contributed by atoms with Crippen molar-refractivity contribution < 1.29 is 31.7 Å². The second-order valence-electron chi connectivity index (χ2n) is 22.4. The van der Waals surface area contributed by atoms with Gasteiger partial charge in [0.15, 0.2) is 0 Å². The molecule has 4 nitrogen and oxygen atoms in total. The number of imidazole rings is 1. The van der Waals surface area contributed by atoms with Crippen molar-refractivity contribution in [3.8, 4) is 67.5 Å². The molecule has 348 valence electrons. The van der Waals surface area contributed by atoms with E-state index in [2.05, 4.69) is 179 Å². The van der Waals surface area contributed by atoms with Crippen LogP contribution in [0.25, 0.3) is 72.7 Å². The number of aromatic hydroxyl groups is 1. The zero-order chi connectivity index (χ0) is 51.1. The smallest absolute Gasteiger partial charge is 0.148 e. The quantitative estimate of drug-likeness (QED) is 0.162. The van der Waals surface area contributed by atoms with Gasteiger partial charge in [-0.1, -0.05) is 192 Å². The molecular formula is C62H68N3OPt-. The van der Waals surface area contributed by atoms with E-state index in [4.69, 9.17) is 15.5 Å². The standard InChI is InChI=1S/C62H68N3O.Pt/c1-38(2)42-25-28-54(50(34-42)41-23-26-46(27-24-41)59(4,5)6)65-55-18-16-17-49(56(55)64-58(65)51-36-48(61(10,11)12)37-52(57(51)66)62(13,14)15)44-31-45(33-47(32-44)60(7,8)9)53-35-43(29-30-63-53)40-21-19-39(3)20-22-40;/h16-30,32-38,66H,1-15H3;/q-1;/i3D3,38D;. The summed E-state index contributed by atoms with van der Waals surface area (Å²) in [6.07, 6.45) is 1.79. The van der Waals surface area contributed by atoms with Crippen molar-refractivity contribution in [2.24, 2.45) is 0 Å². The topological polar surface area (TPSA) is 50.9 Å². The van der Waals surface area contributed by atoms with E-state index in [-0.39, 0.29) is 48.5 Å². The first-order chi connectivity index (χ1) is 32.4. The van der Waals surface area contributed by atoms with Crippen LogP contribution >= 0.6 is 0 Å². The van der Waals surface area contributed by atoms with E-state index in [9.17, 15) is 5.11 Å². The molecule has 8 aromatic rings. The Hall–Kier alpha value is -5.57. The summed E-state index contributed by atoms with van der Waals surface area (Å²) in [5, 5.41) is 12.6. The molecule has 0 bridgehead atoms. The number of benzene rings is 6. The van der Waals surface area contributed by atoms with E-state index in [1.54, 1.807) is 18.3 Å². The number of aryl methyl sites for hydroxylation is 1. The molecule has 0 saturated carbocycles. The predicted molar refractivity (Wildman–Crippen MR) is 280 cm³/mol. The summed E-state index contributed by atoms with van der Waals surface area (Å²) in [6, 6.07) is 44.8. The summed E-state index contributed by atoms with van der Waals surface area (Å²) < 4.78 is 35.0. The Morgan fingerprint density at radius 3 is 1.84 bits per heavy atom. The van der Waals surface area contributed by atoms with Crippen LogP contribution in [0, 0.1) is 12.9 Å². The van der Waals surface area contributed by atoms with E-state index < -0.39 is 12.7 Å². The fraction of sp³-hybridized carbons (Fsp3) is 0.323. The zero-order valence-corrected chi connectivity index (χ0v) is 44.0. The Morgan fingerprint density at radius 2 is 1.22 bits per heavy atom. The molecule has 0 spiro atoms. The second-order valence-corrected chi connectivity index (χ2v) is 22.4. The first kappa shape index (κ1) is 44.0. The predicted octanol–water partition coefficient (Wildman–Crippen LogP) is 16.9. The summed E-state index contributed by atoms with van der Waals surface area (Å²) >= 11 is 0. The molecule has 0 amide bonds. The summed E-state index contributed by atoms with van der Waals surface area (Å²) in [5.74, 6) is -0.0640. The van der Waals surface area contributed by atoms with Gasteiger partial charge in [0.25, 0.3) is 0 Å². The molecule has 0 saturated heterocycles. The third kappa shape index (κ3) is 10.0. The van der Waals surface area contributed by atoms with Crippen LogP contribution in [0.4, 0.5) is 0 Å². The normalized spacial score (nSPS) is 13.7. The maximum Gasteiger partial charge on any atom is 0.148 e. The largest absolute Gasteiger partial charge is 0.507 e. The molecule has 0 unspecified atom stereocenters. The molecular weight excluding hydrogens is 998 g/mol. The van der Waals surface area contributed by atoms with Gasteiger partial charge in [0.2, 0.25) is 0 Å². The Balaban J connectivity index is 0.00000741. The zero-order valence-electron chi connectivity index (χ0n) is 45.7. The van der Waals surface area contributed by atoms with E-state index in [0.29, 0.717) is 17.0 Å². The Labute approximate surface area is 420 Å². The van der Waals surface area contributed by atoms with Gasteiger partial charge in [0.05, 0.1) is 22.3 Å².